The second-order valence-corrected chi connectivity index (χ2v) is 7.21. The van der Waals surface area contributed by atoms with Gasteiger partial charge >= 0.3 is 0 Å². The fourth-order valence-corrected chi connectivity index (χ4v) is 3.38. The Bertz CT molecular complexity index is 778. The quantitative estimate of drug-likeness (QED) is 0.748. The van der Waals surface area contributed by atoms with Crippen molar-refractivity contribution in [2.75, 3.05) is 13.1 Å². The van der Waals surface area contributed by atoms with E-state index in [1.165, 1.54) is 0 Å². The minimum atomic E-state index is -3.53. The number of benzene rings is 1. The molecule has 0 saturated heterocycles. The molecule has 126 valence electrons. The summed E-state index contributed by atoms with van der Waals surface area (Å²) in [5.41, 5.74) is 1.01. The van der Waals surface area contributed by atoms with E-state index in [1.54, 1.807) is 36.7 Å². The van der Waals surface area contributed by atoms with E-state index < -0.39 is 10.0 Å². The van der Waals surface area contributed by atoms with E-state index in [0.29, 0.717) is 13.1 Å². The fourth-order valence-electron chi connectivity index (χ4n) is 2.11. The summed E-state index contributed by atoms with van der Waals surface area (Å²) < 4.78 is 27.5. The molecule has 2 N–H and O–H groups in total. The predicted octanol–water partition coefficient (Wildman–Crippen LogP) is 2.49. The van der Waals surface area contributed by atoms with Crippen LogP contribution in [0.2, 0.25) is 0 Å². The second-order valence-electron chi connectivity index (χ2n) is 5.49. The Morgan fingerprint density at radius 2 is 2.04 bits per heavy atom. The van der Waals surface area contributed by atoms with Crippen molar-refractivity contribution in [1.82, 2.24) is 15.0 Å². The maximum Gasteiger partial charge on any atom is 0.240 e. The zero-order valence-corrected chi connectivity index (χ0v) is 14.9. The highest BCUT2D eigenvalue weighted by Gasteiger charge is 2.17. The van der Waals surface area contributed by atoms with Gasteiger partial charge in [-0.1, -0.05) is 18.2 Å². The van der Waals surface area contributed by atoms with Crippen LogP contribution < -0.4 is 10.0 Å². The van der Waals surface area contributed by atoms with Gasteiger partial charge in [0.2, 0.25) is 10.0 Å². The first-order valence-corrected chi connectivity index (χ1v) is 8.58. The normalized spacial score (nSPS) is 12.6. The lowest BCUT2D eigenvalue weighted by Gasteiger charge is -2.15. The van der Waals surface area contributed by atoms with Crippen molar-refractivity contribution in [1.29, 1.82) is 0 Å². The predicted molar refractivity (Wildman–Crippen MR) is 96.5 cm³/mol. The third-order valence-electron chi connectivity index (χ3n) is 3.16. The van der Waals surface area contributed by atoms with Crippen LogP contribution in [0.5, 0.6) is 0 Å². The van der Waals surface area contributed by atoms with E-state index in [4.69, 9.17) is 0 Å². The molecule has 5 nitrogen and oxygen atoms in total. The molecule has 2 rings (SSSR count). The van der Waals surface area contributed by atoms with E-state index >= 15 is 0 Å². The number of nitrogens with zero attached hydrogens (tertiary/aromatic N) is 1. The van der Waals surface area contributed by atoms with Gasteiger partial charge in [0.15, 0.2) is 0 Å². The molecular formula is C16H22ClN3O2S. The molecule has 0 bridgehead atoms. The number of aromatic nitrogens is 1. The number of rotatable bonds is 7. The number of fused-ring (bicyclic) bond motifs is 1. The Balaban J connectivity index is 0.00000264. The van der Waals surface area contributed by atoms with Gasteiger partial charge in [-0.25, -0.2) is 13.1 Å². The van der Waals surface area contributed by atoms with Crippen molar-refractivity contribution in [3.63, 3.8) is 0 Å². The SMILES string of the molecule is C=C(C)CNCC(C)NS(=O)(=O)c1ccc2cnccc2c1.Cl. The molecule has 0 spiro atoms. The lowest BCUT2D eigenvalue weighted by molar-refractivity contribution is 0.544. The van der Waals surface area contributed by atoms with E-state index in [-0.39, 0.29) is 23.3 Å². The van der Waals surface area contributed by atoms with E-state index in [2.05, 4.69) is 21.6 Å². The number of hydrogen-bond donors (Lipinski definition) is 2. The first kappa shape index (κ1) is 19.6. The van der Waals surface area contributed by atoms with Crippen molar-refractivity contribution in [3.8, 4) is 0 Å². The van der Waals surface area contributed by atoms with Crippen LogP contribution in [0.4, 0.5) is 0 Å². The summed E-state index contributed by atoms with van der Waals surface area (Å²) in [4.78, 5) is 4.28. The van der Waals surface area contributed by atoms with Gasteiger partial charge in [-0.15, -0.1) is 12.4 Å². The largest absolute Gasteiger partial charge is 0.311 e. The average molecular weight is 356 g/mol. The van der Waals surface area contributed by atoms with Crippen molar-refractivity contribution >= 4 is 33.2 Å². The molecule has 23 heavy (non-hydrogen) atoms. The molecule has 7 heteroatoms. The van der Waals surface area contributed by atoms with Crippen LogP contribution in [0.1, 0.15) is 13.8 Å². The summed E-state index contributed by atoms with van der Waals surface area (Å²) in [6.07, 6.45) is 3.36. The molecule has 0 saturated carbocycles. The second kappa shape index (κ2) is 8.40. The third-order valence-corrected chi connectivity index (χ3v) is 4.74. The minimum absolute atomic E-state index is 0. The highest BCUT2D eigenvalue weighted by molar-refractivity contribution is 7.89. The van der Waals surface area contributed by atoms with Gasteiger partial charge in [-0.2, -0.15) is 0 Å². The molecule has 0 fully saturated rings. The van der Waals surface area contributed by atoms with E-state index in [1.807, 2.05) is 13.8 Å². The smallest absolute Gasteiger partial charge is 0.240 e. The van der Waals surface area contributed by atoms with Crippen LogP contribution in [-0.4, -0.2) is 32.5 Å². The summed E-state index contributed by atoms with van der Waals surface area (Å²) in [6, 6.07) is 6.61. The Morgan fingerprint density at radius 1 is 1.30 bits per heavy atom. The molecule has 1 unspecified atom stereocenters. The van der Waals surface area contributed by atoms with Crippen molar-refractivity contribution < 1.29 is 8.42 Å². The van der Waals surface area contributed by atoms with Crippen LogP contribution >= 0.6 is 12.4 Å². The third kappa shape index (κ3) is 5.58. The molecule has 1 aromatic carbocycles. The fraction of sp³-hybridized carbons (Fsp3) is 0.312. The molecule has 2 aromatic rings. The Hall–Kier alpha value is -1.47. The van der Waals surface area contributed by atoms with Gasteiger partial charge in [0.1, 0.15) is 0 Å². The van der Waals surface area contributed by atoms with Gasteiger partial charge in [0, 0.05) is 36.9 Å². The number of pyridine rings is 1. The maximum absolute atomic E-state index is 12.4. The Labute approximate surface area is 143 Å². The van der Waals surface area contributed by atoms with Crippen molar-refractivity contribution in [2.45, 2.75) is 24.8 Å². The first-order valence-electron chi connectivity index (χ1n) is 7.10. The number of nitrogens with one attached hydrogen (secondary N) is 2. The zero-order chi connectivity index (χ0) is 16.2. The Kier molecular flexibility index (Phi) is 7.15. The van der Waals surface area contributed by atoms with Crippen LogP contribution in [0, 0.1) is 0 Å². The maximum atomic E-state index is 12.4. The summed E-state index contributed by atoms with van der Waals surface area (Å²) in [7, 11) is -3.53. The van der Waals surface area contributed by atoms with Gasteiger partial charge in [-0.05, 0) is 37.4 Å². The molecule has 0 aliphatic carbocycles. The zero-order valence-electron chi connectivity index (χ0n) is 13.2. The van der Waals surface area contributed by atoms with Crippen LogP contribution in [0.15, 0.2) is 53.7 Å². The molecule has 0 aliphatic rings. The average Bonchev–Trinajstić information content (AvgIpc) is 2.45. The molecule has 1 heterocycles. The summed E-state index contributed by atoms with van der Waals surface area (Å²) in [6.45, 7) is 8.77. The molecule has 0 amide bonds. The van der Waals surface area contributed by atoms with E-state index in [9.17, 15) is 8.42 Å². The van der Waals surface area contributed by atoms with Crippen LogP contribution in [0.25, 0.3) is 10.8 Å². The summed E-state index contributed by atoms with van der Waals surface area (Å²) in [5, 5.41) is 4.92. The molecule has 1 aromatic heterocycles. The monoisotopic (exact) mass is 355 g/mol. The molecule has 1 atom stereocenters. The van der Waals surface area contributed by atoms with E-state index in [0.717, 1.165) is 16.3 Å². The number of sulfonamides is 1. The number of hydrogen-bond acceptors (Lipinski definition) is 4. The lowest BCUT2D eigenvalue weighted by atomic mass is 10.2. The standard InChI is InChI=1S/C16H21N3O2S.ClH/c1-12(2)9-18-10-13(3)19-22(20,21)16-5-4-15-11-17-7-6-14(15)8-16;/h4-8,11,13,18-19H,1,9-10H2,2-3H3;1H. The first-order chi connectivity index (χ1) is 10.4. The lowest BCUT2D eigenvalue weighted by Crippen LogP contribution is -2.40. The molecule has 0 aliphatic heterocycles. The number of halogens is 1. The van der Waals surface area contributed by atoms with Gasteiger partial charge in [0.25, 0.3) is 0 Å². The van der Waals surface area contributed by atoms with Crippen LogP contribution in [-0.2, 0) is 10.0 Å². The highest BCUT2D eigenvalue weighted by Crippen LogP contribution is 2.18. The van der Waals surface area contributed by atoms with Crippen molar-refractivity contribution in [2.24, 2.45) is 0 Å². The topological polar surface area (TPSA) is 71.1 Å². The van der Waals surface area contributed by atoms with Gasteiger partial charge in [-0.3, -0.25) is 4.98 Å². The van der Waals surface area contributed by atoms with Gasteiger partial charge in [0.05, 0.1) is 4.90 Å². The van der Waals surface area contributed by atoms with Gasteiger partial charge < -0.3 is 5.32 Å². The molecular weight excluding hydrogens is 334 g/mol. The molecule has 0 radical (unpaired) electrons. The minimum Gasteiger partial charge on any atom is -0.311 e. The highest BCUT2D eigenvalue weighted by atomic mass is 35.5. The summed E-state index contributed by atoms with van der Waals surface area (Å²) >= 11 is 0. The summed E-state index contributed by atoms with van der Waals surface area (Å²) in [5.74, 6) is 0. The Morgan fingerprint density at radius 3 is 2.74 bits per heavy atom. The van der Waals surface area contributed by atoms with Crippen molar-refractivity contribution in [3.05, 3.63) is 48.8 Å². The van der Waals surface area contributed by atoms with Crippen LogP contribution in [0.3, 0.4) is 0 Å².